The van der Waals surface area contributed by atoms with E-state index >= 15 is 0 Å². The van der Waals surface area contributed by atoms with Crippen molar-refractivity contribution in [2.24, 2.45) is 5.73 Å². The Hall–Kier alpha value is -4.74. The monoisotopic (exact) mass is 572 g/mol. The number of benzene rings is 3. The zero-order valence-electron chi connectivity index (χ0n) is 22.7. The molecule has 0 spiro atoms. The molecule has 5 rings (SSSR count). The van der Waals surface area contributed by atoms with Gasteiger partial charge in [0, 0.05) is 18.7 Å². The molecule has 0 fully saturated rings. The van der Waals surface area contributed by atoms with E-state index in [1.165, 1.54) is 17.0 Å². The van der Waals surface area contributed by atoms with Crippen LogP contribution < -0.4 is 15.8 Å². The van der Waals surface area contributed by atoms with Gasteiger partial charge < -0.3 is 36.0 Å². The lowest BCUT2D eigenvalue weighted by Crippen LogP contribution is -2.50. The molecule has 1 heterocycles. The molecule has 1 aliphatic carbocycles. The first-order valence-corrected chi connectivity index (χ1v) is 13.7. The van der Waals surface area contributed by atoms with Crippen molar-refractivity contribution in [2.75, 3.05) is 5.32 Å². The third-order valence-electron chi connectivity index (χ3n) is 7.87. The normalized spacial score (nSPS) is 17.6. The Morgan fingerprint density at radius 2 is 1.74 bits per heavy atom. The highest BCUT2D eigenvalue weighted by Gasteiger charge is 2.35. The number of amides is 1. The maximum absolute atomic E-state index is 13.6. The fraction of sp³-hybridized carbons (Fsp3) is 0.290. The summed E-state index contributed by atoms with van der Waals surface area (Å²) in [5, 5.41) is 39.4. The Balaban J connectivity index is 1.29. The SMILES string of the molecule is N=C(N)Nc1ccc(C(=O)Oc2ccc3c(c2)CCCC3CC(=O)N2Cc3cc(C(=O)O)ccc3CC2C(O)O)cc1. The zero-order chi connectivity index (χ0) is 30.0. The van der Waals surface area contributed by atoms with Crippen molar-refractivity contribution in [1.29, 1.82) is 5.41 Å². The van der Waals surface area contributed by atoms with Gasteiger partial charge in [0.25, 0.3) is 0 Å². The number of carboxylic acids is 1. The number of guanidine groups is 1. The first-order valence-electron chi connectivity index (χ1n) is 13.7. The molecule has 0 saturated carbocycles. The molecule has 11 nitrogen and oxygen atoms in total. The van der Waals surface area contributed by atoms with Gasteiger partial charge in [-0.1, -0.05) is 12.1 Å². The number of carboxylic acid groups (broad SMARTS) is 1. The first kappa shape index (κ1) is 28.8. The highest BCUT2D eigenvalue weighted by Crippen LogP contribution is 2.37. The molecule has 42 heavy (non-hydrogen) atoms. The maximum atomic E-state index is 13.6. The molecule has 1 aliphatic heterocycles. The Labute approximate surface area is 242 Å². The van der Waals surface area contributed by atoms with Crippen molar-refractivity contribution in [2.45, 2.75) is 56.9 Å². The predicted molar refractivity (Wildman–Crippen MR) is 153 cm³/mol. The van der Waals surface area contributed by atoms with Crippen LogP contribution in [-0.2, 0) is 24.2 Å². The van der Waals surface area contributed by atoms with Crippen molar-refractivity contribution < 1.29 is 34.4 Å². The van der Waals surface area contributed by atoms with Crippen LogP contribution in [0.15, 0.2) is 60.7 Å². The van der Waals surface area contributed by atoms with E-state index < -0.39 is 24.3 Å². The van der Waals surface area contributed by atoms with Gasteiger partial charge in [0.2, 0.25) is 5.91 Å². The first-order chi connectivity index (χ1) is 20.1. The molecule has 0 aromatic heterocycles. The van der Waals surface area contributed by atoms with Gasteiger partial charge in [0.05, 0.1) is 17.2 Å². The smallest absolute Gasteiger partial charge is 0.343 e. The number of aliphatic hydroxyl groups excluding tert-OH is 1. The van der Waals surface area contributed by atoms with Crippen molar-refractivity contribution in [1.82, 2.24) is 4.90 Å². The molecule has 0 radical (unpaired) electrons. The number of ether oxygens (including phenoxy) is 1. The number of aryl methyl sites for hydroxylation is 1. The number of aliphatic hydroxyl groups is 2. The molecule has 218 valence electrons. The van der Waals surface area contributed by atoms with Gasteiger partial charge in [0.1, 0.15) is 5.75 Å². The summed E-state index contributed by atoms with van der Waals surface area (Å²) in [6.45, 7) is 0.0951. The molecule has 2 unspecified atom stereocenters. The van der Waals surface area contributed by atoms with Gasteiger partial charge in [-0.25, -0.2) is 9.59 Å². The number of hydrogen-bond acceptors (Lipinski definition) is 7. The largest absolute Gasteiger partial charge is 0.478 e. The van der Waals surface area contributed by atoms with Crippen LogP contribution >= 0.6 is 0 Å². The number of esters is 1. The van der Waals surface area contributed by atoms with Crippen LogP contribution in [-0.4, -0.2) is 56.4 Å². The van der Waals surface area contributed by atoms with Gasteiger partial charge in [-0.05, 0) is 102 Å². The molecule has 0 saturated heterocycles. The number of rotatable bonds is 7. The average molecular weight is 573 g/mol. The molecule has 2 aliphatic rings. The molecule has 2 atom stereocenters. The summed E-state index contributed by atoms with van der Waals surface area (Å²) < 4.78 is 5.60. The number of aromatic carboxylic acids is 1. The molecule has 0 bridgehead atoms. The second-order valence-corrected chi connectivity index (χ2v) is 10.7. The Bertz CT molecular complexity index is 1540. The number of nitrogens with zero attached hydrogens (tertiary/aromatic N) is 1. The van der Waals surface area contributed by atoms with Gasteiger partial charge in [-0.2, -0.15) is 0 Å². The lowest BCUT2D eigenvalue weighted by Gasteiger charge is -2.39. The van der Waals surface area contributed by atoms with E-state index in [0.29, 0.717) is 22.6 Å². The Kier molecular flexibility index (Phi) is 8.23. The summed E-state index contributed by atoms with van der Waals surface area (Å²) in [4.78, 5) is 39.2. The number of carbonyl (C=O) groups is 3. The van der Waals surface area contributed by atoms with Crippen molar-refractivity contribution in [3.05, 3.63) is 94.0 Å². The van der Waals surface area contributed by atoms with Gasteiger partial charge >= 0.3 is 11.9 Å². The Morgan fingerprint density at radius 1 is 1.00 bits per heavy atom. The second kappa shape index (κ2) is 12.0. The number of nitrogens with one attached hydrogen (secondary N) is 2. The second-order valence-electron chi connectivity index (χ2n) is 10.7. The fourth-order valence-electron chi connectivity index (χ4n) is 5.79. The highest BCUT2D eigenvalue weighted by atomic mass is 16.5. The zero-order valence-corrected chi connectivity index (χ0v) is 22.7. The molecule has 3 aromatic carbocycles. The van der Waals surface area contributed by atoms with Crippen LogP contribution in [0.5, 0.6) is 5.75 Å². The van der Waals surface area contributed by atoms with Crippen LogP contribution in [0.25, 0.3) is 0 Å². The predicted octanol–water partition coefficient (Wildman–Crippen LogP) is 2.98. The van der Waals surface area contributed by atoms with E-state index in [1.807, 2.05) is 12.1 Å². The summed E-state index contributed by atoms with van der Waals surface area (Å²) in [5.74, 6) is -1.76. The van der Waals surface area contributed by atoms with Crippen molar-refractivity contribution >= 4 is 29.5 Å². The maximum Gasteiger partial charge on any atom is 0.343 e. The summed E-state index contributed by atoms with van der Waals surface area (Å²) in [7, 11) is 0. The number of hydrogen-bond donors (Lipinski definition) is 6. The summed E-state index contributed by atoms with van der Waals surface area (Å²) in [6.07, 6.45) is 1.01. The molecule has 7 N–H and O–H groups in total. The van der Waals surface area contributed by atoms with Crippen molar-refractivity contribution in [3.63, 3.8) is 0 Å². The molecular formula is C31H32N4O7. The van der Waals surface area contributed by atoms with E-state index in [4.69, 9.17) is 15.9 Å². The van der Waals surface area contributed by atoms with E-state index in [1.54, 1.807) is 36.4 Å². The summed E-state index contributed by atoms with van der Waals surface area (Å²) >= 11 is 0. The summed E-state index contributed by atoms with van der Waals surface area (Å²) in [6, 6.07) is 15.6. The minimum absolute atomic E-state index is 0.0951. The third kappa shape index (κ3) is 6.27. The highest BCUT2D eigenvalue weighted by molar-refractivity contribution is 5.93. The standard InChI is InChI=1S/C31H32N4O7/c32-31(33)34-23-8-6-17(7-9-23)30(41)42-24-10-11-25-19(13-24)2-1-3-20(25)15-27(36)35-16-22-12-21(28(37)38)5-4-18(22)14-26(35)29(39)40/h4-13,20,26,29,39-40H,1-3,14-16H2,(H,37,38)(H4,32,33,34). The Morgan fingerprint density at radius 3 is 2.43 bits per heavy atom. The van der Waals surface area contributed by atoms with Gasteiger partial charge in [-0.3, -0.25) is 10.2 Å². The quantitative estimate of drug-likeness (QED) is 0.0814. The van der Waals surface area contributed by atoms with Crippen LogP contribution in [0.4, 0.5) is 5.69 Å². The number of fused-ring (bicyclic) bond motifs is 2. The number of nitrogens with two attached hydrogens (primary N) is 1. The van der Waals surface area contributed by atoms with E-state index in [-0.39, 0.29) is 42.7 Å². The number of carbonyl (C=O) groups excluding carboxylic acids is 2. The van der Waals surface area contributed by atoms with Crippen LogP contribution in [0, 0.1) is 5.41 Å². The van der Waals surface area contributed by atoms with E-state index in [9.17, 15) is 29.7 Å². The van der Waals surface area contributed by atoms with Crippen molar-refractivity contribution in [3.8, 4) is 5.75 Å². The van der Waals surface area contributed by atoms with Crippen LogP contribution in [0.2, 0.25) is 0 Å². The van der Waals surface area contributed by atoms with Gasteiger partial charge in [0.15, 0.2) is 12.2 Å². The third-order valence-corrected chi connectivity index (χ3v) is 7.87. The minimum atomic E-state index is -1.74. The molecule has 11 heteroatoms. The average Bonchev–Trinajstić information content (AvgIpc) is 2.96. The topological polar surface area (TPSA) is 186 Å². The van der Waals surface area contributed by atoms with Crippen LogP contribution in [0.1, 0.15) is 68.2 Å². The van der Waals surface area contributed by atoms with Gasteiger partial charge in [-0.15, -0.1) is 0 Å². The lowest BCUT2D eigenvalue weighted by molar-refractivity contribution is -0.150. The fourth-order valence-corrected chi connectivity index (χ4v) is 5.79. The minimum Gasteiger partial charge on any atom is -0.478 e. The molecule has 1 amide bonds. The van der Waals surface area contributed by atoms with Crippen LogP contribution in [0.3, 0.4) is 0 Å². The molecule has 3 aromatic rings. The molecular weight excluding hydrogens is 540 g/mol. The van der Waals surface area contributed by atoms with E-state index in [2.05, 4.69) is 5.32 Å². The summed E-state index contributed by atoms with van der Waals surface area (Å²) in [5.41, 5.74) is 9.79. The number of anilines is 1. The van der Waals surface area contributed by atoms with E-state index in [0.717, 1.165) is 36.0 Å². The lowest BCUT2D eigenvalue weighted by atomic mass is 9.80.